The molecule has 1 aromatic carbocycles. The van der Waals surface area contributed by atoms with Crippen LogP contribution in [-0.2, 0) is 9.53 Å². The molecule has 0 aliphatic carbocycles. The molecule has 0 aliphatic heterocycles. The van der Waals surface area contributed by atoms with E-state index >= 15 is 0 Å². The Hall–Kier alpha value is -2.04. The highest BCUT2D eigenvalue weighted by Crippen LogP contribution is 2.20. The van der Waals surface area contributed by atoms with Crippen LogP contribution in [0.5, 0.6) is 5.75 Å². The summed E-state index contributed by atoms with van der Waals surface area (Å²) in [6.45, 7) is 5.65. The van der Waals surface area contributed by atoms with E-state index in [-0.39, 0.29) is 23.8 Å². The Morgan fingerprint density at radius 3 is 2.24 bits per heavy atom. The topological polar surface area (TPSA) is 64.6 Å². The molecule has 1 rings (SSSR count). The molecule has 0 radical (unpaired) electrons. The summed E-state index contributed by atoms with van der Waals surface area (Å²) in [5.74, 6) is -0.423. The van der Waals surface area contributed by atoms with Gasteiger partial charge in [0.25, 0.3) is 5.91 Å². The lowest BCUT2D eigenvalue weighted by Gasteiger charge is -2.26. The van der Waals surface area contributed by atoms with Gasteiger partial charge >= 0.3 is 5.97 Å². The highest BCUT2D eigenvalue weighted by Gasteiger charge is 2.30. The van der Waals surface area contributed by atoms with E-state index in [1.54, 1.807) is 31.2 Å². The Morgan fingerprint density at radius 2 is 1.71 bits per heavy atom. The number of esters is 1. The number of para-hydroxylation sites is 1. The van der Waals surface area contributed by atoms with Crippen molar-refractivity contribution in [2.45, 2.75) is 26.8 Å². The smallest absolute Gasteiger partial charge is 0.310 e. The Morgan fingerprint density at radius 1 is 1.10 bits per heavy atom. The number of amides is 1. The highest BCUT2D eigenvalue weighted by atomic mass is 16.5. The lowest BCUT2D eigenvalue weighted by Crippen LogP contribution is -2.44. The predicted octanol–water partition coefficient (Wildman–Crippen LogP) is 2.26. The first-order valence-electron chi connectivity index (χ1n) is 6.94. The third-order valence-corrected chi connectivity index (χ3v) is 3.44. The Bertz CT molecular complexity index is 499. The van der Waals surface area contributed by atoms with Gasteiger partial charge in [0.1, 0.15) is 5.75 Å². The standard InChI is InChI=1S/C16H23NO4/c1-10(2)14(16(19)21-5)11(3)17-15(18)12-8-6-7-9-13(12)20-4/h6-11,14H,1-5H3,(H,17,18). The summed E-state index contributed by atoms with van der Waals surface area (Å²) in [4.78, 5) is 24.2. The number of hydrogen-bond donors (Lipinski definition) is 1. The zero-order valence-electron chi connectivity index (χ0n) is 13.2. The number of carbonyl (C=O) groups is 2. The van der Waals surface area contributed by atoms with Gasteiger partial charge < -0.3 is 14.8 Å². The summed E-state index contributed by atoms with van der Waals surface area (Å²) in [7, 11) is 2.87. The van der Waals surface area contributed by atoms with Crippen molar-refractivity contribution in [1.82, 2.24) is 5.32 Å². The van der Waals surface area contributed by atoms with Gasteiger partial charge in [-0.3, -0.25) is 9.59 Å². The number of ether oxygens (including phenoxy) is 2. The van der Waals surface area contributed by atoms with Crippen LogP contribution in [0.25, 0.3) is 0 Å². The lowest BCUT2D eigenvalue weighted by atomic mass is 9.89. The van der Waals surface area contributed by atoms with Crippen LogP contribution in [0.15, 0.2) is 24.3 Å². The number of nitrogens with one attached hydrogen (secondary N) is 1. The molecule has 21 heavy (non-hydrogen) atoms. The molecular weight excluding hydrogens is 270 g/mol. The molecule has 0 fully saturated rings. The maximum absolute atomic E-state index is 12.3. The van der Waals surface area contributed by atoms with E-state index in [4.69, 9.17) is 9.47 Å². The van der Waals surface area contributed by atoms with Crippen LogP contribution in [-0.4, -0.2) is 32.1 Å². The zero-order valence-corrected chi connectivity index (χ0v) is 13.2. The van der Waals surface area contributed by atoms with E-state index in [2.05, 4.69) is 5.32 Å². The third kappa shape index (κ3) is 4.21. The van der Waals surface area contributed by atoms with Crippen molar-refractivity contribution in [2.24, 2.45) is 11.8 Å². The molecule has 1 N–H and O–H groups in total. The number of rotatable bonds is 6. The highest BCUT2D eigenvalue weighted by molar-refractivity contribution is 5.97. The molecule has 0 aliphatic rings. The van der Waals surface area contributed by atoms with Gasteiger partial charge in [0.05, 0.1) is 25.7 Å². The van der Waals surface area contributed by atoms with Gasteiger partial charge in [0, 0.05) is 6.04 Å². The summed E-state index contributed by atoms with van der Waals surface area (Å²) in [6, 6.07) is 6.63. The fourth-order valence-corrected chi connectivity index (χ4v) is 2.40. The number of hydrogen-bond acceptors (Lipinski definition) is 4. The molecule has 0 saturated heterocycles. The van der Waals surface area contributed by atoms with Crippen molar-refractivity contribution in [1.29, 1.82) is 0 Å². The minimum absolute atomic E-state index is 0.0606. The van der Waals surface area contributed by atoms with E-state index in [1.807, 2.05) is 13.8 Å². The van der Waals surface area contributed by atoms with E-state index in [9.17, 15) is 9.59 Å². The van der Waals surface area contributed by atoms with Crippen molar-refractivity contribution >= 4 is 11.9 Å². The van der Waals surface area contributed by atoms with Gasteiger partial charge in [-0.15, -0.1) is 0 Å². The summed E-state index contributed by atoms with van der Waals surface area (Å²) >= 11 is 0. The Balaban J connectivity index is 2.88. The number of methoxy groups -OCH3 is 2. The third-order valence-electron chi connectivity index (χ3n) is 3.44. The van der Waals surface area contributed by atoms with Gasteiger partial charge in [-0.05, 0) is 25.0 Å². The maximum atomic E-state index is 12.3. The largest absolute Gasteiger partial charge is 0.496 e. The maximum Gasteiger partial charge on any atom is 0.310 e. The minimum atomic E-state index is -0.395. The Labute approximate surface area is 125 Å². The first-order chi connectivity index (χ1) is 9.92. The molecule has 0 saturated carbocycles. The summed E-state index contributed by atoms with van der Waals surface area (Å²) in [5.41, 5.74) is 0.444. The second-order valence-electron chi connectivity index (χ2n) is 5.26. The van der Waals surface area contributed by atoms with Crippen molar-refractivity contribution in [2.75, 3.05) is 14.2 Å². The van der Waals surface area contributed by atoms with Gasteiger partial charge in [0.2, 0.25) is 0 Å². The van der Waals surface area contributed by atoms with Crippen molar-refractivity contribution in [3.8, 4) is 5.75 Å². The SMILES string of the molecule is COC(=O)C(C(C)C)C(C)NC(=O)c1ccccc1OC. The molecule has 0 bridgehead atoms. The van der Waals surface area contributed by atoms with E-state index in [1.165, 1.54) is 14.2 Å². The van der Waals surface area contributed by atoms with Gasteiger partial charge in [0.15, 0.2) is 0 Å². The molecule has 2 atom stereocenters. The first-order valence-corrected chi connectivity index (χ1v) is 6.94. The quantitative estimate of drug-likeness (QED) is 0.817. The first kappa shape index (κ1) is 17.0. The molecule has 1 aromatic rings. The molecule has 0 spiro atoms. The van der Waals surface area contributed by atoms with Gasteiger partial charge in [-0.2, -0.15) is 0 Å². The van der Waals surface area contributed by atoms with Crippen LogP contribution in [0.3, 0.4) is 0 Å². The fourth-order valence-electron chi connectivity index (χ4n) is 2.40. The van der Waals surface area contributed by atoms with Crippen LogP contribution >= 0.6 is 0 Å². The van der Waals surface area contributed by atoms with Gasteiger partial charge in [-0.1, -0.05) is 26.0 Å². The van der Waals surface area contributed by atoms with E-state index in [0.717, 1.165) is 0 Å². The molecular formula is C16H23NO4. The van der Waals surface area contributed by atoms with E-state index in [0.29, 0.717) is 11.3 Å². The number of carbonyl (C=O) groups excluding carboxylic acids is 2. The molecule has 1 amide bonds. The summed E-state index contributed by atoms with van der Waals surface area (Å²) in [6.07, 6.45) is 0. The Kier molecular flexibility index (Phi) is 6.21. The summed E-state index contributed by atoms with van der Waals surface area (Å²) < 4.78 is 9.98. The van der Waals surface area contributed by atoms with Crippen molar-refractivity contribution in [3.63, 3.8) is 0 Å². The second kappa shape index (κ2) is 7.67. The average molecular weight is 293 g/mol. The molecule has 5 heteroatoms. The molecule has 5 nitrogen and oxygen atoms in total. The molecule has 2 unspecified atom stereocenters. The van der Waals surface area contributed by atoms with Crippen LogP contribution in [0.4, 0.5) is 0 Å². The number of benzene rings is 1. The summed E-state index contributed by atoms with van der Waals surface area (Å²) in [5, 5.41) is 2.85. The van der Waals surface area contributed by atoms with E-state index < -0.39 is 5.92 Å². The second-order valence-corrected chi connectivity index (χ2v) is 5.26. The van der Waals surface area contributed by atoms with Crippen LogP contribution in [0.1, 0.15) is 31.1 Å². The monoisotopic (exact) mass is 293 g/mol. The fraction of sp³-hybridized carbons (Fsp3) is 0.500. The van der Waals surface area contributed by atoms with Crippen LogP contribution in [0, 0.1) is 11.8 Å². The zero-order chi connectivity index (χ0) is 16.0. The molecule has 116 valence electrons. The van der Waals surface area contributed by atoms with Crippen molar-refractivity contribution in [3.05, 3.63) is 29.8 Å². The lowest BCUT2D eigenvalue weighted by molar-refractivity contribution is -0.147. The normalized spacial score (nSPS) is 13.4. The molecule has 0 aromatic heterocycles. The van der Waals surface area contributed by atoms with Gasteiger partial charge in [-0.25, -0.2) is 0 Å². The van der Waals surface area contributed by atoms with Crippen molar-refractivity contribution < 1.29 is 19.1 Å². The molecule has 0 heterocycles. The average Bonchev–Trinajstić information content (AvgIpc) is 2.46. The van der Waals surface area contributed by atoms with Crippen LogP contribution < -0.4 is 10.1 Å². The van der Waals surface area contributed by atoms with Crippen LogP contribution in [0.2, 0.25) is 0 Å². The predicted molar refractivity (Wildman–Crippen MR) is 80.3 cm³/mol. The minimum Gasteiger partial charge on any atom is -0.496 e.